The smallest absolute Gasteiger partial charge is 0.207 e. The van der Waals surface area contributed by atoms with E-state index in [-0.39, 0.29) is 12.0 Å². The molecule has 0 aromatic heterocycles. The van der Waals surface area contributed by atoms with E-state index in [0.29, 0.717) is 11.4 Å². The summed E-state index contributed by atoms with van der Waals surface area (Å²) in [5.41, 5.74) is 5.95. The van der Waals surface area contributed by atoms with Crippen LogP contribution in [-0.4, -0.2) is 18.8 Å². The molecule has 0 spiro atoms. The predicted octanol–water partition coefficient (Wildman–Crippen LogP) is 4.26. The minimum atomic E-state index is -3.56. The van der Waals surface area contributed by atoms with E-state index in [9.17, 15) is 8.42 Å². The molecule has 2 atom stereocenters. The number of rotatable bonds is 2. The summed E-state index contributed by atoms with van der Waals surface area (Å²) >= 11 is 0. The Morgan fingerprint density at radius 2 is 1.41 bits per heavy atom. The van der Waals surface area contributed by atoms with Crippen molar-refractivity contribution in [3.05, 3.63) is 101 Å². The summed E-state index contributed by atoms with van der Waals surface area (Å²) in [7, 11) is -3.56. The molecular weight excluding hydrogens is 354 g/mol. The Morgan fingerprint density at radius 1 is 0.815 bits per heavy atom. The van der Waals surface area contributed by atoms with E-state index >= 15 is 0 Å². The number of hydrogen-bond acceptors (Lipinski definition) is 2. The second kappa shape index (κ2) is 6.04. The van der Waals surface area contributed by atoms with Crippen molar-refractivity contribution in [1.29, 1.82) is 0 Å². The second-order valence-corrected chi connectivity index (χ2v) is 9.40. The molecule has 0 fully saturated rings. The Kier molecular flexibility index (Phi) is 3.74. The first-order valence-corrected chi connectivity index (χ1v) is 10.7. The first-order valence-electron chi connectivity index (χ1n) is 9.30. The predicted molar refractivity (Wildman–Crippen MR) is 106 cm³/mol. The molecule has 136 valence electrons. The van der Waals surface area contributed by atoms with Gasteiger partial charge in [-0.1, -0.05) is 66.2 Å². The van der Waals surface area contributed by atoms with Crippen LogP contribution in [-0.2, 0) is 23.0 Å². The lowest BCUT2D eigenvalue weighted by Gasteiger charge is -2.38. The van der Waals surface area contributed by atoms with Gasteiger partial charge in [-0.25, -0.2) is 8.42 Å². The summed E-state index contributed by atoms with van der Waals surface area (Å²) in [6, 6.07) is 23.8. The van der Waals surface area contributed by atoms with E-state index < -0.39 is 10.0 Å². The normalized spacial score (nSPS) is 21.4. The molecule has 1 aliphatic heterocycles. The number of sulfonamides is 1. The Balaban J connectivity index is 1.66. The minimum absolute atomic E-state index is 0.0661. The van der Waals surface area contributed by atoms with E-state index in [1.807, 2.05) is 31.2 Å². The fourth-order valence-electron chi connectivity index (χ4n) is 4.59. The number of hydrogen-bond donors (Lipinski definition) is 0. The van der Waals surface area contributed by atoms with E-state index in [2.05, 4.69) is 36.4 Å². The van der Waals surface area contributed by atoms with Gasteiger partial charge in [-0.3, -0.25) is 0 Å². The van der Waals surface area contributed by atoms with Crippen molar-refractivity contribution in [2.45, 2.75) is 36.7 Å². The molecule has 3 aromatic carbocycles. The highest BCUT2D eigenvalue weighted by molar-refractivity contribution is 7.89. The summed E-state index contributed by atoms with van der Waals surface area (Å²) in [6.45, 7) is 2.40. The van der Waals surface area contributed by atoms with E-state index in [1.165, 1.54) is 16.7 Å². The van der Waals surface area contributed by atoms with E-state index in [0.717, 1.165) is 17.5 Å². The van der Waals surface area contributed by atoms with Gasteiger partial charge in [0.2, 0.25) is 10.0 Å². The maximum absolute atomic E-state index is 13.5. The highest BCUT2D eigenvalue weighted by atomic mass is 32.2. The van der Waals surface area contributed by atoms with Crippen LogP contribution in [0.2, 0.25) is 0 Å². The first-order chi connectivity index (χ1) is 13.1. The first kappa shape index (κ1) is 16.7. The van der Waals surface area contributed by atoms with Gasteiger partial charge in [0.15, 0.2) is 0 Å². The van der Waals surface area contributed by atoms with Gasteiger partial charge < -0.3 is 0 Å². The monoisotopic (exact) mass is 375 g/mol. The number of fused-ring (bicyclic) bond motifs is 5. The Hall–Kier alpha value is -2.43. The molecule has 1 aliphatic carbocycles. The highest BCUT2D eigenvalue weighted by Gasteiger charge is 2.46. The van der Waals surface area contributed by atoms with Gasteiger partial charge in [-0.2, -0.15) is 4.31 Å². The number of benzene rings is 3. The van der Waals surface area contributed by atoms with Gasteiger partial charge in [0.1, 0.15) is 0 Å². The maximum Gasteiger partial charge on any atom is 0.243 e. The Labute approximate surface area is 160 Å². The number of nitrogens with zero attached hydrogens (tertiary/aromatic N) is 1. The molecule has 3 nitrogen and oxygen atoms in total. The molecule has 4 heteroatoms. The largest absolute Gasteiger partial charge is 0.243 e. The average Bonchev–Trinajstić information content (AvgIpc) is 3.07. The van der Waals surface area contributed by atoms with Crippen LogP contribution in [0.3, 0.4) is 0 Å². The van der Waals surface area contributed by atoms with Crippen LogP contribution in [0.15, 0.2) is 77.7 Å². The van der Waals surface area contributed by atoms with Crippen LogP contribution in [0.4, 0.5) is 0 Å². The van der Waals surface area contributed by atoms with Gasteiger partial charge >= 0.3 is 0 Å². The van der Waals surface area contributed by atoms with E-state index in [1.54, 1.807) is 16.4 Å². The molecule has 1 heterocycles. The standard InChI is InChI=1S/C23H21NO2S/c1-16-10-12-19(13-11-16)27(25,26)24-15-18-7-3-5-9-21(18)23-20-8-4-2-6-17(20)14-22(23)24/h2-13,22-23H,14-15H2,1H3/t22-,23-/m0/s1. The zero-order valence-corrected chi connectivity index (χ0v) is 16.0. The highest BCUT2D eigenvalue weighted by Crippen LogP contribution is 2.47. The maximum atomic E-state index is 13.5. The van der Waals surface area contributed by atoms with Crippen molar-refractivity contribution in [1.82, 2.24) is 4.31 Å². The third kappa shape index (κ3) is 2.55. The molecular formula is C23H21NO2S. The summed E-state index contributed by atoms with van der Waals surface area (Å²) < 4.78 is 28.8. The van der Waals surface area contributed by atoms with Crippen molar-refractivity contribution < 1.29 is 8.42 Å². The van der Waals surface area contributed by atoms with Gasteiger partial charge in [0.25, 0.3) is 0 Å². The van der Waals surface area contributed by atoms with Crippen molar-refractivity contribution in [2.24, 2.45) is 0 Å². The molecule has 5 rings (SSSR count). The molecule has 0 saturated heterocycles. The van der Waals surface area contributed by atoms with Crippen molar-refractivity contribution >= 4 is 10.0 Å². The van der Waals surface area contributed by atoms with Gasteiger partial charge in [0.05, 0.1) is 4.90 Å². The van der Waals surface area contributed by atoms with Gasteiger partial charge in [-0.05, 0) is 47.7 Å². The fraction of sp³-hybridized carbons (Fsp3) is 0.217. The van der Waals surface area contributed by atoms with Crippen molar-refractivity contribution in [3.63, 3.8) is 0 Å². The molecule has 0 radical (unpaired) electrons. The molecule has 3 aromatic rings. The van der Waals surface area contributed by atoms with Crippen LogP contribution < -0.4 is 0 Å². The minimum Gasteiger partial charge on any atom is -0.207 e. The molecule has 27 heavy (non-hydrogen) atoms. The van der Waals surface area contributed by atoms with Crippen LogP contribution in [0.1, 0.15) is 33.7 Å². The molecule has 0 unspecified atom stereocenters. The number of aryl methyl sites for hydroxylation is 1. The van der Waals surface area contributed by atoms with Crippen LogP contribution >= 0.6 is 0 Å². The summed E-state index contributed by atoms with van der Waals surface area (Å²) in [6.07, 6.45) is 0.764. The average molecular weight is 375 g/mol. The third-order valence-electron chi connectivity index (χ3n) is 5.92. The third-order valence-corrected chi connectivity index (χ3v) is 7.80. The lowest BCUT2D eigenvalue weighted by atomic mass is 9.84. The zero-order chi connectivity index (χ0) is 18.6. The molecule has 0 amide bonds. The van der Waals surface area contributed by atoms with Crippen LogP contribution in [0, 0.1) is 6.92 Å². The quantitative estimate of drug-likeness (QED) is 0.671. The van der Waals surface area contributed by atoms with Gasteiger partial charge in [0, 0.05) is 18.5 Å². The second-order valence-electron chi connectivity index (χ2n) is 7.51. The zero-order valence-electron chi connectivity index (χ0n) is 15.2. The Morgan fingerprint density at radius 3 is 2.11 bits per heavy atom. The molecule has 0 bridgehead atoms. The molecule has 0 N–H and O–H groups in total. The van der Waals surface area contributed by atoms with E-state index in [4.69, 9.17) is 0 Å². The molecule has 0 saturated carbocycles. The Bertz CT molecular complexity index is 1120. The summed E-state index contributed by atoms with van der Waals surface area (Å²) in [5.74, 6) is 0.103. The molecule has 2 aliphatic rings. The lowest BCUT2D eigenvalue weighted by molar-refractivity contribution is 0.281. The summed E-state index contributed by atoms with van der Waals surface area (Å²) in [4.78, 5) is 0.377. The van der Waals surface area contributed by atoms with Crippen LogP contribution in [0.5, 0.6) is 0 Å². The topological polar surface area (TPSA) is 37.4 Å². The summed E-state index contributed by atoms with van der Waals surface area (Å²) in [5, 5.41) is 0. The van der Waals surface area contributed by atoms with Crippen molar-refractivity contribution in [2.75, 3.05) is 0 Å². The SMILES string of the molecule is Cc1ccc(S(=O)(=O)N2Cc3ccccc3[C@@H]3c4ccccc4C[C@@H]32)cc1. The van der Waals surface area contributed by atoms with Crippen molar-refractivity contribution in [3.8, 4) is 0 Å². The lowest BCUT2D eigenvalue weighted by Crippen LogP contribution is -2.45. The fourth-order valence-corrected chi connectivity index (χ4v) is 6.20. The van der Waals surface area contributed by atoms with Crippen LogP contribution in [0.25, 0.3) is 0 Å². The van der Waals surface area contributed by atoms with Gasteiger partial charge in [-0.15, -0.1) is 0 Å².